The Hall–Kier alpha value is -1.12. The number of esters is 1. The van der Waals surface area contributed by atoms with Crippen molar-refractivity contribution in [2.75, 3.05) is 0 Å². The zero-order chi connectivity index (χ0) is 15.3. The maximum Gasteiger partial charge on any atom is 0.309 e. The fourth-order valence-corrected chi connectivity index (χ4v) is 3.68. The highest BCUT2D eigenvalue weighted by molar-refractivity contribution is 5.95. The average Bonchev–Trinajstić information content (AvgIpc) is 2.28. The summed E-state index contributed by atoms with van der Waals surface area (Å²) in [5.41, 5.74) is -1.44. The van der Waals surface area contributed by atoms with Gasteiger partial charge in [0.1, 0.15) is 11.4 Å². The molecule has 0 heterocycles. The molecule has 0 N–H and O–H groups in total. The number of ether oxygens (including phenoxy) is 1. The first-order chi connectivity index (χ1) is 9.00. The Labute approximate surface area is 121 Å². The summed E-state index contributed by atoms with van der Waals surface area (Å²) in [6, 6.07) is 0. The highest BCUT2D eigenvalue weighted by Crippen LogP contribution is 2.54. The third-order valence-corrected chi connectivity index (χ3v) is 5.03. The van der Waals surface area contributed by atoms with E-state index >= 15 is 0 Å². The maximum absolute atomic E-state index is 12.7. The van der Waals surface area contributed by atoms with Crippen LogP contribution in [0.15, 0.2) is 12.2 Å². The van der Waals surface area contributed by atoms with Gasteiger partial charge in [-0.25, -0.2) is 0 Å². The molecule has 2 rings (SSSR count). The van der Waals surface area contributed by atoms with Gasteiger partial charge in [0.2, 0.25) is 0 Å². The molecule has 1 fully saturated rings. The van der Waals surface area contributed by atoms with E-state index in [1.165, 1.54) is 0 Å². The quantitative estimate of drug-likeness (QED) is 0.544. The molecule has 2 aliphatic carbocycles. The Morgan fingerprint density at radius 2 is 1.95 bits per heavy atom. The van der Waals surface area contributed by atoms with Crippen LogP contribution in [0, 0.1) is 22.7 Å². The lowest BCUT2D eigenvalue weighted by molar-refractivity contribution is -0.171. The molecule has 0 aromatic heterocycles. The van der Waals surface area contributed by atoms with Crippen molar-refractivity contribution in [2.45, 2.75) is 60.0 Å². The molecular weight excluding hydrogens is 252 g/mol. The van der Waals surface area contributed by atoms with Crippen molar-refractivity contribution in [2.24, 2.45) is 22.7 Å². The summed E-state index contributed by atoms with van der Waals surface area (Å²) in [5, 5.41) is 0. The zero-order valence-corrected chi connectivity index (χ0v) is 13.4. The first-order valence-electron chi connectivity index (χ1n) is 7.45. The van der Waals surface area contributed by atoms with Gasteiger partial charge in [0.15, 0.2) is 0 Å². The van der Waals surface area contributed by atoms with Crippen LogP contribution in [0.5, 0.6) is 0 Å². The summed E-state index contributed by atoms with van der Waals surface area (Å²) in [6.45, 7) is 11.6. The van der Waals surface area contributed by atoms with E-state index in [1.54, 1.807) is 0 Å². The normalized spacial score (nSPS) is 40.6. The SMILES string of the molecule is C[C@H]1[C@H](C(=O)OC(C)(C)C)C[C@]2(C)C=CC[C@@]1(C)C2=O. The monoisotopic (exact) mass is 278 g/mol. The van der Waals surface area contributed by atoms with Crippen LogP contribution in [0.4, 0.5) is 0 Å². The predicted octanol–water partition coefficient (Wildman–Crippen LogP) is 3.53. The molecule has 0 spiro atoms. The molecule has 0 unspecified atom stereocenters. The Morgan fingerprint density at radius 3 is 2.50 bits per heavy atom. The number of fused-ring (bicyclic) bond motifs is 2. The van der Waals surface area contributed by atoms with E-state index in [4.69, 9.17) is 4.74 Å². The summed E-state index contributed by atoms with van der Waals surface area (Å²) in [6.07, 6.45) is 5.37. The van der Waals surface area contributed by atoms with Gasteiger partial charge in [-0.15, -0.1) is 0 Å². The summed E-state index contributed by atoms with van der Waals surface area (Å²) in [7, 11) is 0. The predicted molar refractivity (Wildman–Crippen MR) is 78.1 cm³/mol. The van der Waals surface area contributed by atoms with Gasteiger partial charge in [-0.2, -0.15) is 0 Å². The summed E-state index contributed by atoms with van der Waals surface area (Å²) >= 11 is 0. The molecule has 0 saturated heterocycles. The van der Waals surface area contributed by atoms with Gasteiger partial charge in [-0.05, 0) is 46.5 Å². The third-order valence-electron chi connectivity index (χ3n) is 5.03. The van der Waals surface area contributed by atoms with Crippen molar-refractivity contribution in [1.29, 1.82) is 0 Å². The number of rotatable bonds is 1. The average molecular weight is 278 g/mol. The van der Waals surface area contributed by atoms with E-state index < -0.39 is 16.4 Å². The van der Waals surface area contributed by atoms with Gasteiger partial charge in [0, 0.05) is 10.8 Å². The van der Waals surface area contributed by atoms with Crippen molar-refractivity contribution < 1.29 is 14.3 Å². The van der Waals surface area contributed by atoms with Crippen LogP contribution >= 0.6 is 0 Å². The lowest BCUT2D eigenvalue weighted by Crippen LogP contribution is -2.55. The van der Waals surface area contributed by atoms with Crippen LogP contribution < -0.4 is 0 Å². The standard InChI is InChI=1S/C17H26O3/c1-11-12(13(18)20-15(2,3)4)10-16(5)8-7-9-17(11,6)14(16)19/h7-8,11-12H,9-10H2,1-6H3/t11-,12+,16-,17+/m0/s1. The number of carbonyl (C=O) groups is 2. The van der Waals surface area contributed by atoms with E-state index in [1.807, 2.05) is 47.6 Å². The Morgan fingerprint density at radius 1 is 1.35 bits per heavy atom. The lowest BCUT2D eigenvalue weighted by atomic mass is 9.51. The van der Waals surface area contributed by atoms with Crippen molar-refractivity contribution in [3.05, 3.63) is 12.2 Å². The van der Waals surface area contributed by atoms with Crippen LogP contribution in [-0.2, 0) is 14.3 Å². The third kappa shape index (κ3) is 2.32. The Balaban J connectivity index is 2.32. The number of Topliss-reactive ketones (excluding diaryl/α,β-unsaturated/α-hetero) is 1. The fourth-order valence-electron chi connectivity index (χ4n) is 3.68. The van der Waals surface area contributed by atoms with Gasteiger partial charge in [0.25, 0.3) is 0 Å². The number of hydrogen-bond donors (Lipinski definition) is 0. The zero-order valence-electron chi connectivity index (χ0n) is 13.4. The van der Waals surface area contributed by atoms with Crippen molar-refractivity contribution in [3.63, 3.8) is 0 Å². The molecule has 4 atom stereocenters. The van der Waals surface area contributed by atoms with Crippen molar-refractivity contribution in [3.8, 4) is 0 Å². The highest BCUT2D eigenvalue weighted by atomic mass is 16.6. The van der Waals surface area contributed by atoms with Gasteiger partial charge in [0.05, 0.1) is 5.92 Å². The molecule has 0 aromatic carbocycles. The molecule has 20 heavy (non-hydrogen) atoms. The first-order valence-corrected chi connectivity index (χ1v) is 7.45. The molecule has 1 saturated carbocycles. The molecule has 0 aliphatic heterocycles. The van der Waals surface area contributed by atoms with Gasteiger partial charge in [-0.3, -0.25) is 9.59 Å². The molecule has 3 nitrogen and oxygen atoms in total. The largest absolute Gasteiger partial charge is 0.460 e. The minimum Gasteiger partial charge on any atom is -0.460 e. The Bertz CT molecular complexity index is 471. The minimum absolute atomic E-state index is 0.0166. The Kier molecular flexibility index (Phi) is 3.39. The first kappa shape index (κ1) is 15.3. The summed E-state index contributed by atoms with van der Waals surface area (Å²) < 4.78 is 5.56. The van der Waals surface area contributed by atoms with Crippen LogP contribution in [-0.4, -0.2) is 17.4 Å². The van der Waals surface area contributed by atoms with Crippen LogP contribution in [0.2, 0.25) is 0 Å². The van der Waals surface area contributed by atoms with Crippen LogP contribution in [0.1, 0.15) is 54.4 Å². The molecule has 2 aliphatic rings. The fraction of sp³-hybridized carbons (Fsp3) is 0.765. The number of allylic oxidation sites excluding steroid dienone is 2. The maximum atomic E-state index is 12.7. The van der Waals surface area contributed by atoms with Crippen LogP contribution in [0.25, 0.3) is 0 Å². The van der Waals surface area contributed by atoms with E-state index in [2.05, 4.69) is 6.08 Å². The smallest absolute Gasteiger partial charge is 0.309 e. The lowest BCUT2D eigenvalue weighted by Gasteiger charge is -2.51. The molecule has 0 amide bonds. The summed E-state index contributed by atoms with van der Waals surface area (Å²) in [4.78, 5) is 25.2. The number of ketones is 1. The number of carbonyl (C=O) groups excluding carboxylic acids is 2. The highest BCUT2D eigenvalue weighted by Gasteiger charge is 2.57. The second-order valence-electron chi connectivity index (χ2n) is 7.90. The second-order valence-corrected chi connectivity index (χ2v) is 7.90. The molecule has 0 aromatic rings. The van der Waals surface area contributed by atoms with Gasteiger partial charge < -0.3 is 4.74 Å². The van der Waals surface area contributed by atoms with E-state index in [-0.39, 0.29) is 23.6 Å². The molecule has 2 bridgehead atoms. The minimum atomic E-state index is -0.513. The number of hydrogen-bond acceptors (Lipinski definition) is 3. The van der Waals surface area contributed by atoms with Crippen molar-refractivity contribution in [1.82, 2.24) is 0 Å². The van der Waals surface area contributed by atoms with E-state index in [9.17, 15) is 9.59 Å². The molecule has 112 valence electrons. The van der Waals surface area contributed by atoms with Gasteiger partial charge in [-0.1, -0.05) is 26.0 Å². The second kappa shape index (κ2) is 4.44. The van der Waals surface area contributed by atoms with E-state index in [0.29, 0.717) is 6.42 Å². The topological polar surface area (TPSA) is 43.4 Å². The molecule has 3 heteroatoms. The summed E-state index contributed by atoms with van der Waals surface area (Å²) in [5.74, 6) is -0.0696. The molecule has 0 radical (unpaired) electrons. The van der Waals surface area contributed by atoms with Crippen LogP contribution in [0.3, 0.4) is 0 Å². The van der Waals surface area contributed by atoms with Crippen molar-refractivity contribution >= 4 is 11.8 Å². The van der Waals surface area contributed by atoms with E-state index in [0.717, 1.165) is 6.42 Å². The molecular formula is C17H26O3. The van der Waals surface area contributed by atoms with Gasteiger partial charge >= 0.3 is 5.97 Å².